The average Bonchev–Trinajstić information content (AvgIpc) is 2.48. The maximum Gasteiger partial charge on any atom is 0.192 e. The van der Waals surface area contributed by atoms with Crippen LogP contribution in [0.15, 0.2) is 53.4 Å². The highest BCUT2D eigenvalue weighted by molar-refractivity contribution is 7.95. The molecule has 2 aromatic carbocycles. The monoisotopic (exact) mass is 335 g/mol. The molecule has 0 bridgehead atoms. The smallest absolute Gasteiger partial charge is 0.192 e. The zero-order chi connectivity index (χ0) is 16.2. The summed E-state index contributed by atoms with van der Waals surface area (Å²) in [6, 6.07) is 13.3. The van der Waals surface area contributed by atoms with Gasteiger partial charge in [0.25, 0.3) is 0 Å². The first-order valence-electron chi connectivity index (χ1n) is 6.25. The van der Waals surface area contributed by atoms with Crippen LogP contribution in [-0.4, -0.2) is 8.42 Å². The van der Waals surface area contributed by atoms with Crippen LogP contribution >= 0.6 is 11.6 Å². The number of hydrogen-bond donors (Lipinski definition) is 0. The molecule has 22 heavy (non-hydrogen) atoms. The Morgan fingerprint density at radius 3 is 2.27 bits per heavy atom. The van der Waals surface area contributed by atoms with E-state index in [1.165, 1.54) is 30.3 Å². The second-order valence-corrected chi connectivity index (χ2v) is 6.95. The van der Waals surface area contributed by atoms with Crippen molar-refractivity contribution >= 4 is 27.5 Å². The van der Waals surface area contributed by atoms with Crippen LogP contribution in [0.25, 0.3) is 6.08 Å². The van der Waals surface area contributed by atoms with Gasteiger partial charge in [0.1, 0.15) is 16.8 Å². The quantitative estimate of drug-likeness (QED) is 0.795. The van der Waals surface area contributed by atoms with Gasteiger partial charge in [0.15, 0.2) is 9.84 Å². The molecule has 2 rings (SSSR count). The molecule has 0 heterocycles. The largest absolute Gasteiger partial charge is 0.223 e. The number of sulfone groups is 1. The van der Waals surface area contributed by atoms with Crippen LogP contribution < -0.4 is 0 Å². The number of nitriles is 1. The zero-order valence-electron chi connectivity index (χ0n) is 11.3. The lowest BCUT2D eigenvalue weighted by molar-refractivity contribution is 0.602. The minimum Gasteiger partial charge on any atom is -0.223 e. The predicted molar refractivity (Wildman–Crippen MR) is 84.1 cm³/mol. The third-order valence-corrected chi connectivity index (χ3v) is 4.73. The number of benzene rings is 2. The van der Waals surface area contributed by atoms with E-state index in [1.807, 2.05) is 0 Å². The first-order valence-corrected chi connectivity index (χ1v) is 8.28. The van der Waals surface area contributed by atoms with Crippen LogP contribution in [0.3, 0.4) is 0 Å². The van der Waals surface area contributed by atoms with Gasteiger partial charge in [0, 0.05) is 5.02 Å². The van der Waals surface area contributed by atoms with Gasteiger partial charge in [-0.15, -0.1) is 0 Å². The molecule has 0 unspecified atom stereocenters. The fourth-order valence-corrected chi connectivity index (χ4v) is 3.15. The Bertz CT molecular complexity index is 835. The van der Waals surface area contributed by atoms with Crippen LogP contribution in [0.4, 0.5) is 4.39 Å². The summed E-state index contributed by atoms with van der Waals surface area (Å²) in [5.74, 6) is -0.807. The predicted octanol–water partition coefficient (Wildman–Crippen LogP) is 3.96. The summed E-state index contributed by atoms with van der Waals surface area (Å²) in [4.78, 5) is -0.348. The van der Waals surface area contributed by atoms with Crippen molar-refractivity contribution in [3.05, 3.63) is 75.4 Å². The van der Waals surface area contributed by atoms with Gasteiger partial charge in [-0.25, -0.2) is 12.8 Å². The molecular formula is C16H11ClFNO2S. The Labute approximate surface area is 133 Å². The van der Waals surface area contributed by atoms with E-state index < -0.39 is 15.7 Å². The third kappa shape index (κ3) is 4.17. The van der Waals surface area contributed by atoms with Crippen molar-refractivity contribution < 1.29 is 12.8 Å². The number of rotatable bonds is 4. The average molecular weight is 336 g/mol. The minimum atomic E-state index is -3.80. The van der Waals surface area contributed by atoms with Gasteiger partial charge < -0.3 is 0 Å². The molecule has 0 saturated carbocycles. The molecular weight excluding hydrogens is 325 g/mol. The van der Waals surface area contributed by atoms with Crippen molar-refractivity contribution in [2.75, 3.05) is 0 Å². The molecule has 0 aromatic heterocycles. The summed E-state index contributed by atoms with van der Waals surface area (Å²) in [6.07, 6.45) is 1.29. The lowest BCUT2D eigenvalue weighted by Crippen LogP contribution is -2.06. The van der Waals surface area contributed by atoms with E-state index in [9.17, 15) is 12.8 Å². The molecule has 0 aliphatic carbocycles. The van der Waals surface area contributed by atoms with Crippen LogP contribution in [0, 0.1) is 17.1 Å². The summed E-state index contributed by atoms with van der Waals surface area (Å²) in [5, 5.41) is 9.63. The first-order chi connectivity index (χ1) is 10.4. The molecule has 0 atom stereocenters. The van der Waals surface area contributed by atoms with Crippen LogP contribution in [0.1, 0.15) is 11.1 Å². The number of halogens is 2. The van der Waals surface area contributed by atoms with Gasteiger partial charge in [-0.2, -0.15) is 5.26 Å². The fourth-order valence-electron chi connectivity index (χ4n) is 1.78. The molecule has 0 aliphatic rings. The van der Waals surface area contributed by atoms with Crippen molar-refractivity contribution in [3.8, 4) is 6.07 Å². The van der Waals surface area contributed by atoms with E-state index in [0.29, 0.717) is 16.1 Å². The third-order valence-electron chi connectivity index (χ3n) is 2.88. The van der Waals surface area contributed by atoms with Crippen molar-refractivity contribution in [2.24, 2.45) is 0 Å². The molecule has 0 saturated heterocycles. The van der Waals surface area contributed by atoms with Gasteiger partial charge in [0.2, 0.25) is 0 Å². The normalized spacial score (nSPS) is 12.0. The lowest BCUT2D eigenvalue weighted by atomic mass is 10.2. The second kappa shape index (κ2) is 6.73. The van der Waals surface area contributed by atoms with Gasteiger partial charge in [-0.1, -0.05) is 35.9 Å². The maximum absolute atomic E-state index is 12.8. The van der Waals surface area contributed by atoms with Gasteiger partial charge >= 0.3 is 0 Å². The van der Waals surface area contributed by atoms with Crippen molar-refractivity contribution in [1.29, 1.82) is 5.26 Å². The van der Waals surface area contributed by atoms with Crippen molar-refractivity contribution in [2.45, 2.75) is 5.75 Å². The first kappa shape index (κ1) is 16.2. The Kier molecular flexibility index (Phi) is 4.96. The molecule has 6 heteroatoms. The standard InChI is InChI=1S/C16H11ClFNO2S/c17-14-5-1-12(2-6-14)9-16(10-19)22(20,21)11-13-3-7-15(18)8-4-13/h1-9H,11H2/b16-9-. The molecule has 0 amide bonds. The lowest BCUT2D eigenvalue weighted by Gasteiger charge is -2.04. The Hall–Kier alpha value is -2.16. The minimum absolute atomic E-state index is 0.348. The van der Waals surface area contributed by atoms with Crippen LogP contribution in [-0.2, 0) is 15.6 Å². The number of allylic oxidation sites excluding steroid dienone is 1. The number of nitrogens with zero attached hydrogens (tertiary/aromatic N) is 1. The summed E-state index contributed by atoms with van der Waals surface area (Å²) >= 11 is 5.76. The van der Waals surface area contributed by atoms with Crippen LogP contribution in [0.5, 0.6) is 0 Å². The van der Waals surface area contributed by atoms with E-state index >= 15 is 0 Å². The van der Waals surface area contributed by atoms with Crippen molar-refractivity contribution in [1.82, 2.24) is 0 Å². The van der Waals surface area contributed by atoms with Gasteiger partial charge in [-0.05, 0) is 41.5 Å². The highest BCUT2D eigenvalue weighted by atomic mass is 35.5. The molecule has 0 fully saturated rings. The number of hydrogen-bond acceptors (Lipinski definition) is 3. The van der Waals surface area contributed by atoms with Gasteiger partial charge in [-0.3, -0.25) is 0 Å². The summed E-state index contributed by atoms with van der Waals surface area (Å²) < 4.78 is 37.4. The summed E-state index contributed by atoms with van der Waals surface area (Å²) in [7, 11) is -3.80. The van der Waals surface area contributed by atoms with E-state index in [4.69, 9.17) is 16.9 Å². The van der Waals surface area contributed by atoms with Crippen LogP contribution in [0.2, 0.25) is 5.02 Å². The van der Waals surface area contributed by atoms with Crippen molar-refractivity contribution in [3.63, 3.8) is 0 Å². The van der Waals surface area contributed by atoms with E-state index in [-0.39, 0.29) is 10.7 Å². The summed E-state index contributed by atoms with van der Waals surface area (Å²) in [5.41, 5.74) is 0.974. The molecule has 0 spiro atoms. The molecule has 0 radical (unpaired) electrons. The molecule has 0 N–H and O–H groups in total. The van der Waals surface area contributed by atoms with E-state index in [1.54, 1.807) is 30.3 Å². The highest BCUT2D eigenvalue weighted by Crippen LogP contribution is 2.19. The Morgan fingerprint density at radius 2 is 1.73 bits per heavy atom. The maximum atomic E-state index is 12.8. The molecule has 3 nitrogen and oxygen atoms in total. The zero-order valence-corrected chi connectivity index (χ0v) is 12.9. The molecule has 0 aliphatic heterocycles. The Balaban J connectivity index is 2.31. The second-order valence-electron chi connectivity index (χ2n) is 4.56. The molecule has 2 aromatic rings. The van der Waals surface area contributed by atoms with E-state index in [0.717, 1.165) is 0 Å². The van der Waals surface area contributed by atoms with Gasteiger partial charge in [0.05, 0.1) is 5.75 Å². The highest BCUT2D eigenvalue weighted by Gasteiger charge is 2.18. The Morgan fingerprint density at radius 1 is 1.14 bits per heavy atom. The summed E-state index contributed by atoms with van der Waals surface area (Å²) in [6.45, 7) is 0. The topological polar surface area (TPSA) is 57.9 Å². The molecule has 112 valence electrons. The SMILES string of the molecule is N#C/C(=C/c1ccc(Cl)cc1)S(=O)(=O)Cc1ccc(F)cc1. The van der Waals surface area contributed by atoms with E-state index in [2.05, 4.69) is 0 Å². The fraction of sp³-hybridized carbons (Fsp3) is 0.0625.